The fraction of sp³-hybridized carbons (Fsp3) is 0.250. The van der Waals surface area contributed by atoms with Crippen LogP contribution in [0.4, 0.5) is 19.0 Å². The molecule has 20 heteroatoms. The zero-order valence-corrected chi connectivity index (χ0v) is 38.2. The van der Waals surface area contributed by atoms with E-state index in [0.717, 1.165) is 57.0 Å². The van der Waals surface area contributed by atoms with Gasteiger partial charge in [-0.15, -0.1) is 22.7 Å². The van der Waals surface area contributed by atoms with E-state index in [1.54, 1.807) is 29.5 Å². The minimum atomic E-state index is -3.74. The van der Waals surface area contributed by atoms with Crippen molar-refractivity contribution in [1.82, 2.24) is 18.6 Å². The highest BCUT2D eigenvalue weighted by atomic mass is 35.5. The maximum atomic E-state index is 13.4. The van der Waals surface area contributed by atoms with E-state index in [-0.39, 0.29) is 32.9 Å². The summed E-state index contributed by atoms with van der Waals surface area (Å²) in [6.45, 7) is 7.41. The van der Waals surface area contributed by atoms with Crippen LogP contribution in [0.25, 0.3) is 22.5 Å². The highest BCUT2D eigenvalue weighted by molar-refractivity contribution is 7.89. The summed E-state index contributed by atoms with van der Waals surface area (Å²) in [5, 5.41) is 6.28. The van der Waals surface area contributed by atoms with Crippen LogP contribution in [0.5, 0.6) is 0 Å². The molecular formula is C40H36Cl4F2N6O4S4. The second-order valence-electron chi connectivity index (χ2n) is 14.0. The molecule has 60 heavy (non-hydrogen) atoms. The first-order chi connectivity index (χ1) is 28.5. The van der Waals surface area contributed by atoms with E-state index in [1.807, 2.05) is 15.7 Å². The van der Waals surface area contributed by atoms with Crippen LogP contribution in [-0.4, -0.2) is 87.8 Å². The van der Waals surface area contributed by atoms with Gasteiger partial charge >= 0.3 is 0 Å². The van der Waals surface area contributed by atoms with Crippen molar-refractivity contribution in [2.75, 3.05) is 62.2 Å². The summed E-state index contributed by atoms with van der Waals surface area (Å²) in [4.78, 5) is 13.5. The quantitative estimate of drug-likeness (QED) is 0.149. The van der Waals surface area contributed by atoms with Gasteiger partial charge in [-0.3, -0.25) is 0 Å². The molecule has 4 heterocycles. The molecular weight excluding hydrogens is 937 g/mol. The first kappa shape index (κ1) is 44.6. The van der Waals surface area contributed by atoms with Crippen molar-refractivity contribution in [3.05, 3.63) is 126 Å². The van der Waals surface area contributed by atoms with Crippen LogP contribution in [0.1, 0.15) is 11.1 Å². The lowest BCUT2D eigenvalue weighted by molar-refractivity contribution is 0.384. The Hall–Kier alpha value is -3.42. The van der Waals surface area contributed by atoms with Crippen LogP contribution in [0.3, 0.4) is 0 Å². The molecule has 0 spiro atoms. The summed E-state index contributed by atoms with van der Waals surface area (Å²) in [5.41, 5.74) is 5.99. The van der Waals surface area contributed by atoms with Gasteiger partial charge in [-0.25, -0.2) is 35.6 Å². The molecule has 0 aliphatic carbocycles. The van der Waals surface area contributed by atoms with E-state index < -0.39 is 31.7 Å². The van der Waals surface area contributed by atoms with E-state index in [9.17, 15) is 25.6 Å². The fourth-order valence-electron chi connectivity index (χ4n) is 6.72. The molecule has 0 bridgehead atoms. The molecule has 0 atom stereocenters. The molecule has 2 saturated heterocycles. The number of piperazine rings is 2. The van der Waals surface area contributed by atoms with E-state index in [2.05, 4.69) is 41.9 Å². The van der Waals surface area contributed by atoms with Crippen molar-refractivity contribution in [2.45, 2.75) is 23.6 Å². The summed E-state index contributed by atoms with van der Waals surface area (Å²) in [6.07, 6.45) is 0. The Morgan fingerprint density at radius 1 is 0.533 bits per heavy atom. The van der Waals surface area contributed by atoms with Gasteiger partial charge < -0.3 is 9.80 Å². The molecule has 0 radical (unpaired) electrons. The Morgan fingerprint density at radius 3 is 1.30 bits per heavy atom. The van der Waals surface area contributed by atoms with Gasteiger partial charge in [0.05, 0.1) is 31.2 Å². The lowest BCUT2D eigenvalue weighted by Gasteiger charge is -2.33. The van der Waals surface area contributed by atoms with Gasteiger partial charge in [-0.1, -0.05) is 63.6 Å². The van der Waals surface area contributed by atoms with Crippen LogP contribution in [0, 0.1) is 25.5 Å². The Kier molecular flexibility index (Phi) is 13.8. The fourth-order valence-corrected chi connectivity index (χ4v) is 12.4. The lowest BCUT2D eigenvalue weighted by Crippen LogP contribution is -2.48. The second-order valence-corrected chi connectivity index (χ2v) is 21.2. The molecule has 0 saturated carbocycles. The summed E-state index contributed by atoms with van der Waals surface area (Å²) in [7, 11) is -7.46. The van der Waals surface area contributed by atoms with Crippen LogP contribution in [0.2, 0.25) is 20.1 Å². The smallest absolute Gasteiger partial charge is 0.243 e. The minimum absolute atomic E-state index is 0.00806. The number of aryl methyl sites for hydroxylation is 2. The number of hydrogen-bond acceptors (Lipinski definition) is 10. The molecule has 10 nitrogen and oxygen atoms in total. The first-order valence-electron chi connectivity index (χ1n) is 18.3. The van der Waals surface area contributed by atoms with Gasteiger partial charge in [0.1, 0.15) is 11.6 Å². The molecule has 0 unspecified atom stereocenters. The van der Waals surface area contributed by atoms with Gasteiger partial charge in [-0.2, -0.15) is 8.61 Å². The van der Waals surface area contributed by atoms with Crippen molar-refractivity contribution >= 4 is 99.4 Å². The molecule has 316 valence electrons. The van der Waals surface area contributed by atoms with Crippen LogP contribution in [0.15, 0.2) is 93.3 Å². The topological polar surface area (TPSA) is 107 Å². The zero-order valence-electron chi connectivity index (χ0n) is 32.0. The van der Waals surface area contributed by atoms with Crippen molar-refractivity contribution < 1.29 is 25.6 Å². The van der Waals surface area contributed by atoms with Gasteiger partial charge in [0.15, 0.2) is 10.3 Å². The molecule has 2 aliphatic heterocycles. The van der Waals surface area contributed by atoms with E-state index in [4.69, 9.17) is 51.4 Å². The number of aromatic nitrogens is 2. The standard InChI is InChI=1S/C21H21ClFN3O2S2.C19H15Cl3FN3O2S2/c1-14-9-15(2)11-16(10-14)20-13-29-21(24-20)25-5-7-26(8-6-25)30(27,28)17-3-4-19(23)18(22)12-17;20-13-7-12(8-14(21)9-13)18-11-29-19(24-18)25-3-5-26(6-4-25)30(27,28)15-1-2-17(23)16(22)10-15/h3-4,9-13H,5-8H2,1-2H3;1-2,7-11H,3-6H2. The monoisotopic (exact) mass is 970 g/mol. The molecule has 4 aromatic carbocycles. The average molecular weight is 973 g/mol. The third-order valence-electron chi connectivity index (χ3n) is 9.74. The SMILES string of the molecule is Cc1cc(C)cc(-c2csc(N3CCN(S(=O)(=O)c4ccc(F)c(Cl)c4)CC3)n2)c1.O=S(=O)(c1ccc(F)c(Cl)c1)N1CCN(c2nc(-c3cc(Cl)cc(Cl)c3)cs2)CC1. The number of thiazole rings is 2. The Labute approximate surface area is 375 Å². The third-order valence-corrected chi connectivity index (χ3v) is 16.3. The van der Waals surface area contributed by atoms with Crippen molar-refractivity contribution in [3.8, 4) is 22.5 Å². The molecule has 2 aliphatic rings. The zero-order chi connectivity index (χ0) is 42.9. The number of rotatable bonds is 8. The highest BCUT2D eigenvalue weighted by Crippen LogP contribution is 2.33. The van der Waals surface area contributed by atoms with Crippen LogP contribution < -0.4 is 9.80 Å². The largest absolute Gasteiger partial charge is 0.345 e. The summed E-state index contributed by atoms with van der Waals surface area (Å²) in [5.74, 6) is -1.29. The van der Waals surface area contributed by atoms with Crippen molar-refractivity contribution in [3.63, 3.8) is 0 Å². The Balaban J connectivity index is 0.000000181. The van der Waals surface area contributed by atoms with Gasteiger partial charge in [-0.05, 0) is 80.6 Å². The Bertz CT molecular complexity index is 2530. The summed E-state index contributed by atoms with van der Waals surface area (Å²) in [6, 6.07) is 18.5. The molecule has 0 N–H and O–H groups in total. The second kappa shape index (κ2) is 18.5. The predicted molar refractivity (Wildman–Crippen MR) is 239 cm³/mol. The molecule has 2 fully saturated rings. The van der Waals surface area contributed by atoms with Crippen LogP contribution in [-0.2, 0) is 20.0 Å². The molecule has 0 amide bonds. The predicted octanol–water partition coefficient (Wildman–Crippen LogP) is 10.2. The van der Waals surface area contributed by atoms with Gasteiger partial charge in [0.25, 0.3) is 0 Å². The molecule has 2 aromatic heterocycles. The first-order valence-corrected chi connectivity index (χ1v) is 24.5. The number of benzene rings is 4. The summed E-state index contributed by atoms with van der Waals surface area (Å²) >= 11 is 26.7. The van der Waals surface area contributed by atoms with Gasteiger partial charge in [0.2, 0.25) is 20.0 Å². The third kappa shape index (κ3) is 10.1. The maximum absolute atomic E-state index is 13.4. The number of anilines is 2. The highest BCUT2D eigenvalue weighted by Gasteiger charge is 2.31. The lowest BCUT2D eigenvalue weighted by atomic mass is 10.1. The maximum Gasteiger partial charge on any atom is 0.243 e. The molecule has 8 rings (SSSR count). The Morgan fingerprint density at radius 2 is 0.917 bits per heavy atom. The number of nitrogens with zero attached hydrogens (tertiary/aromatic N) is 6. The normalized spacial score (nSPS) is 15.5. The van der Waals surface area contributed by atoms with E-state index >= 15 is 0 Å². The van der Waals surface area contributed by atoms with Gasteiger partial charge in [0, 0.05) is 84.3 Å². The van der Waals surface area contributed by atoms with Crippen molar-refractivity contribution in [2.24, 2.45) is 0 Å². The summed E-state index contributed by atoms with van der Waals surface area (Å²) < 4.78 is 80.9. The number of sulfonamides is 2. The average Bonchev–Trinajstić information content (AvgIpc) is 3.91. The molecule has 6 aromatic rings. The number of halogens is 6. The van der Waals surface area contributed by atoms with Crippen LogP contribution >= 0.6 is 69.1 Å². The minimum Gasteiger partial charge on any atom is -0.345 e. The van der Waals surface area contributed by atoms with E-state index in [1.165, 1.54) is 43.2 Å². The van der Waals surface area contributed by atoms with Crippen molar-refractivity contribution in [1.29, 1.82) is 0 Å². The number of hydrogen-bond donors (Lipinski definition) is 0. The van der Waals surface area contributed by atoms with E-state index in [0.29, 0.717) is 49.3 Å².